The molecule has 3 rings (SSSR count). The second-order valence-electron chi connectivity index (χ2n) is 7.65. The molecule has 1 aromatic carbocycles. The highest BCUT2D eigenvalue weighted by Gasteiger charge is 2.25. The number of likely N-dealkylation sites (tertiary alicyclic amines) is 1. The molecule has 2 aromatic rings. The van der Waals surface area contributed by atoms with Crippen LogP contribution in [-0.2, 0) is 22.6 Å². The summed E-state index contributed by atoms with van der Waals surface area (Å²) in [5, 5.41) is 6.89. The van der Waals surface area contributed by atoms with Crippen LogP contribution in [0.2, 0.25) is 0 Å². The van der Waals surface area contributed by atoms with Gasteiger partial charge in [0.05, 0.1) is 32.1 Å². The molecule has 2 N–H and O–H groups in total. The summed E-state index contributed by atoms with van der Waals surface area (Å²) in [5.41, 5.74) is 2.35. The van der Waals surface area contributed by atoms with Gasteiger partial charge in [-0.15, -0.1) is 24.0 Å². The number of halogens is 1. The van der Waals surface area contributed by atoms with Gasteiger partial charge in [-0.2, -0.15) is 0 Å². The second-order valence-corrected chi connectivity index (χ2v) is 7.65. The summed E-state index contributed by atoms with van der Waals surface area (Å²) in [4.78, 5) is 6.87. The quantitative estimate of drug-likeness (QED) is 0.179. The monoisotopic (exact) mass is 556 g/mol. The summed E-state index contributed by atoms with van der Waals surface area (Å²) in [6, 6.07) is 12.7. The molecule has 1 aliphatic rings. The van der Waals surface area contributed by atoms with Crippen LogP contribution < -0.4 is 10.6 Å². The van der Waals surface area contributed by atoms with Crippen molar-refractivity contribution in [3.8, 4) is 0 Å². The molecular weight excluding hydrogens is 519 g/mol. The number of benzene rings is 1. The summed E-state index contributed by atoms with van der Waals surface area (Å²) < 4.78 is 16.7. The Bertz CT molecular complexity index is 779. The van der Waals surface area contributed by atoms with Crippen molar-refractivity contribution in [3.05, 3.63) is 59.5 Å². The minimum absolute atomic E-state index is 0. The van der Waals surface area contributed by atoms with E-state index in [9.17, 15) is 0 Å². The maximum Gasteiger partial charge on any atom is 0.191 e. The van der Waals surface area contributed by atoms with Crippen molar-refractivity contribution < 1.29 is 13.9 Å². The first-order valence-corrected chi connectivity index (χ1v) is 11.3. The number of aliphatic imine (C=N–C) groups is 1. The van der Waals surface area contributed by atoms with Crippen LogP contribution in [0, 0.1) is 0 Å². The smallest absolute Gasteiger partial charge is 0.191 e. The van der Waals surface area contributed by atoms with Gasteiger partial charge in [-0.1, -0.05) is 24.3 Å². The van der Waals surface area contributed by atoms with Crippen LogP contribution in [0.25, 0.3) is 0 Å². The highest BCUT2D eigenvalue weighted by molar-refractivity contribution is 14.0. The number of guanidine groups is 1. The van der Waals surface area contributed by atoms with Gasteiger partial charge in [0.1, 0.15) is 5.76 Å². The minimum atomic E-state index is 0. The molecule has 0 amide bonds. The number of nitrogens with one attached hydrogen (secondary N) is 2. The lowest BCUT2D eigenvalue weighted by molar-refractivity contribution is 0.0453. The molecule has 0 spiro atoms. The Balaban J connectivity index is 0.00000363. The summed E-state index contributed by atoms with van der Waals surface area (Å²) in [7, 11) is 1.80. The fraction of sp³-hybridized carbons (Fsp3) is 0.542. The molecule has 1 saturated heterocycles. The predicted molar refractivity (Wildman–Crippen MR) is 138 cm³/mol. The molecule has 1 fully saturated rings. The maximum atomic E-state index is 5.71. The van der Waals surface area contributed by atoms with Crippen molar-refractivity contribution in [2.45, 2.75) is 39.0 Å². The number of ether oxygens (including phenoxy) is 2. The van der Waals surface area contributed by atoms with Crippen LogP contribution >= 0.6 is 24.0 Å². The number of nitrogens with zero attached hydrogens (tertiary/aromatic N) is 2. The Labute approximate surface area is 209 Å². The van der Waals surface area contributed by atoms with E-state index in [4.69, 9.17) is 13.9 Å². The van der Waals surface area contributed by atoms with Gasteiger partial charge in [-0.25, -0.2) is 0 Å². The van der Waals surface area contributed by atoms with Crippen LogP contribution in [0.1, 0.15) is 42.7 Å². The summed E-state index contributed by atoms with van der Waals surface area (Å²) in [6.45, 7) is 8.22. The van der Waals surface area contributed by atoms with Crippen molar-refractivity contribution in [1.82, 2.24) is 15.5 Å². The first-order chi connectivity index (χ1) is 15.3. The largest absolute Gasteiger partial charge is 0.468 e. The number of hydrogen-bond acceptors (Lipinski definition) is 5. The zero-order valence-corrected chi connectivity index (χ0v) is 21.5. The third-order valence-electron chi connectivity index (χ3n) is 5.44. The topological polar surface area (TPSA) is 71.3 Å². The zero-order valence-electron chi connectivity index (χ0n) is 19.2. The molecule has 178 valence electrons. The molecule has 0 saturated carbocycles. The Morgan fingerprint density at radius 3 is 2.59 bits per heavy atom. The Hall–Kier alpha value is -1.62. The Kier molecular flexibility index (Phi) is 12.7. The van der Waals surface area contributed by atoms with Crippen molar-refractivity contribution >= 4 is 29.9 Å². The summed E-state index contributed by atoms with van der Waals surface area (Å²) in [5.74, 6) is 1.79. The van der Waals surface area contributed by atoms with Crippen molar-refractivity contribution in [1.29, 1.82) is 0 Å². The fourth-order valence-electron chi connectivity index (χ4n) is 3.83. The van der Waals surface area contributed by atoms with Crippen LogP contribution in [0.3, 0.4) is 0 Å². The van der Waals surface area contributed by atoms with Crippen LogP contribution in [0.5, 0.6) is 0 Å². The maximum absolute atomic E-state index is 5.71. The van der Waals surface area contributed by atoms with E-state index in [1.807, 2.05) is 13.0 Å². The summed E-state index contributed by atoms with van der Waals surface area (Å²) >= 11 is 0. The van der Waals surface area contributed by atoms with E-state index in [1.54, 1.807) is 13.3 Å². The Morgan fingerprint density at radius 1 is 1.09 bits per heavy atom. The minimum Gasteiger partial charge on any atom is -0.468 e. The molecule has 1 unspecified atom stereocenters. The normalized spacial score (nSPS) is 15.4. The number of hydrogen-bond donors (Lipinski definition) is 2. The number of furan rings is 1. The molecule has 0 bridgehead atoms. The van der Waals surface area contributed by atoms with Gasteiger partial charge in [0.2, 0.25) is 0 Å². The van der Waals surface area contributed by atoms with Gasteiger partial charge < -0.3 is 24.5 Å². The van der Waals surface area contributed by atoms with Crippen molar-refractivity contribution in [2.75, 3.05) is 46.5 Å². The number of rotatable bonds is 12. The van der Waals surface area contributed by atoms with Gasteiger partial charge in [-0.05, 0) is 56.1 Å². The van der Waals surface area contributed by atoms with Gasteiger partial charge in [-0.3, -0.25) is 9.89 Å². The molecule has 1 atom stereocenters. The molecule has 8 heteroatoms. The van der Waals surface area contributed by atoms with E-state index in [0.717, 1.165) is 43.5 Å². The first kappa shape index (κ1) is 26.6. The Morgan fingerprint density at radius 2 is 1.88 bits per heavy atom. The average Bonchev–Trinajstić information content (AvgIpc) is 3.51. The third kappa shape index (κ3) is 8.73. The SMILES string of the molecule is CCOCCOCc1cccc(CNC(=NC)NCC(c2ccco2)N2CCCC2)c1.I. The van der Waals surface area contributed by atoms with E-state index in [1.165, 1.54) is 18.4 Å². The third-order valence-corrected chi connectivity index (χ3v) is 5.44. The van der Waals surface area contributed by atoms with Crippen molar-refractivity contribution in [3.63, 3.8) is 0 Å². The van der Waals surface area contributed by atoms with Gasteiger partial charge in [0.15, 0.2) is 5.96 Å². The van der Waals surface area contributed by atoms with E-state index >= 15 is 0 Å². The highest BCUT2D eigenvalue weighted by Crippen LogP contribution is 2.24. The lowest BCUT2D eigenvalue weighted by atomic mass is 10.1. The highest BCUT2D eigenvalue weighted by atomic mass is 127. The molecule has 7 nitrogen and oxygen atoms in total. The predicted octanol–water partition coefficient (Wildman–Crippen LogP) is 3.95. The first-order valence-electron chi connectivity index (χ1n) is 11.3. The van der Waals surface area contributed by atoms with Crippen LogP contribution in [0.4, 0.5) is 0 Å². The van der Waals surface area contributed by atoms with Crippen LogP contribution in [0.15, 0.2) is 52.1 Å². The fourth-order valence-corrected chi connectivity index (χ4v) is 3.83. The summed E-state index contributed by atoms with van der Waals surface area (Å²) in [6.07, 6.45) is 4.24. The van der Waals surface area contributed by atoms with E-state index in [0.29, 0.717) is 26.4 Å². The molecule has 32 heavy (non-hydrogen) atoms. The zero-order chi connectivity index (χ0) is 21.7. The lowest BCUT2D eigenvalue weighted by Gasteiger charge is -2.26. The van der Waals surface area contributed by atoms with E-state index < -0.39 is 0 Å². The van der Waals surface area contributed by atoms with Gasteiger partial charge in [0.25, 0.3) is 0 Å². The second kappa shape index (κ2) is 15.3. The molecule has 2 heterocycles. The standard InChI is InChI=1S/C24H36N4O3.HI/c1-3-29-14-15-30-19-21-9-6-8-20(16-21)17-26-24(25-2)27-18-22(23-10-7-13-31-23)28-11-4-5-12-28;/h6-10,13,16,22H,3-5,11-12,14-15,17-19H2,1-2H3,(H2,25,26,27);1H. The average molecular weight is 556 g/mol. The molecule has 0 aliphatic carbocycles. The molecule has 0 radical (unpaired) electrons. The molecule has 1 aliphatic heterocycles. The van der Waals surface area contributed by atoms with Crippen molar-refractivity contribution in [2.24, 2.45) is 4.99 Å². The van der Waals surface area contributed by atoms with Crippen LogP contribution in [-0.4, -0.2) is 57.4 Å². The lowest BCUT2D eigenvalue weighted by Crippen LogP contribution is -2.42. The van der Waals surface area contributed by atoms with E-state index in [-0.39, 0.29) is 30.0 Å². The molecule has 1 aromatic heterocycles. The van der Waals surface area contributed by atoms with Gasteiger partial charge >= 0.3 is 0 Å². The van der Waals surface area contributed by atoms with E-state index in [2.05, 4.69) is 50.9 Å². The van der Waals surface area contributed by atoms with Gasteiger partial charge in [0, 0.05) is 26.7 Å². The molecular formula is C24H37IN4O3.